The molecule has 3 aliphatic rings. The molecule has 1 saturated heterocycles. The molecule has 1 heterocycles. The maximum absolute atomic E-state index is 11.9. The van der Waals surface area contributed by atoms with Gasteiger partial charge >= 0.3 is 17.9 Å². The van der Waals surface area contributed by atoms with Crippen molar-refractivity contribution in [1.82, 2.24) is 0 Å². The second-order valence-electron chi connectivity index (χ2n) is 5.54. The molecular weight excluding hydrogens is 264 g/mol. The van der Waals surface area contributed by atoms with E-state index in [2.05, 4.69) is 6.58 Å². The van der Waals surface area contributed by atoms with Crippen LogP contribution in [0.25, 0.3) is 0 Å². The topological polar surface area (TPSA) is 78.9 Å². The van der Waals surface area contributed by atoms with Crippen LogP contribution in [0.15, 0.2) is 12.7 Å². The monoisotopic (exact) mass is 280 g/mol. The fourth-order valence-electron chi connectivity index (χ4n) is 4.10. The van der Waals surface area contributed by atoms with Crippen LogP contribution in [0.5, 0.6) is 0 Å². The molecule has 2 aliphatic carbocycles. The third-order valence-electron chi connectivity index (χ3n) is 4.83. The molecule has 2 saturated carbocycles. The number of carbonyl (C=O) groups is 3. The van der Waals surface area contributed by atoms with E-state index in [4.69, 9.17) is 14.2 Å². The smallest absolute Gasteiger partial charge is 0.330 e. The maximum atomic E-state index is 11.9. The van der Waals surface area contributed by atoms with Gasteiger partial charge in [0.25, 0.3) is 0 Å². The van der Waals surface area contributed by atoms with Gasteiger partial charge in [0.05, 0.1) is 25.6 Å². The highest BCUT2D eigenvalue weighted by Crippen LogP contribution is 2.60. The minimum atomic E-state index is -0.511. The molecule has 0 radical (unpaired) electrons. The molecule has 0 amide bonds. The summed E-state index contributed by atoms with van der Waals surface area (Å²) in [5.74, 6) is -2.17. The normalized spacial score (nSPS) is 40.4. The molecular formula is C14H16O6. The van der Waals surface area contributed by atoms with E-state index in [0.29, 0.717) is 0 Å². The van der Waals surface area contributed by atoms with Crippen LogP contribution < -0.4 is 0 Å². The molecule has 6 atom stereocenters. The summed E-state index contributed by atoms with van der Waals surface area (Å²) < 4.78 is 15.3. The third kappa shape index (κ3) is 1.67. The molecule has 0 aromatic carbocycles. The molecule has 6 unspecified atom stereocenters. The molecule has 1 aliphatic heterocycles. The number of carbonyl (C=O) groups excluding carboxylic acids is 3. The first-order valence-corrected chi connectivity index (χ1v) is 6.66. The number of hydrogen-bond donors (Lipinski definition) is 0. The van der Waals surface area contributed by atoms with Crippen molar-refractivity contribution in [3.63, 3.8) is 0 Å². The number of methoxy groups -OCH3 is 1. The van der Waals surface area contributed by atoms with Crippen molar-refractivity contribution < 1.29 is 28.6 Å². The van der Waals surface area contributed by atoms with Gasteiger partial charge in [0.2, 0.25) is 0 Å². The van der Waals surface area contributed by atoms with E-state index in [0.717, 1.165) is 12.5 Å². The van der Waals surface area contributed by atoms with E-state index in [-0.39, 0.29) is 48.3 Å². The van der Waals surface area contributed by atoms with Gasteiger partial charge in [0.1, 0.15) is 6.10 Å². The highest BCUT2D eigenvalue weighted by atomic mass is 16.6. The van der Waals surface area contributed by atoms with Crippen LogP contribution in [-0.4, -0.2) is 37.7 Å². The predicted octanol–water partition coefficient (Wildman–Crippen LogP) is 0.312. The van der Waals surface area contributed by atoms with Crippen LogP contribution >= 0.6 is 0 Å². The lowest BCUT2D eigenvalue weighted by Gasteiger charge is -2.29. The third-order valence-corrected chi connectivity index (χ3v) is 4.83. The largest absolute Gasteiger partial charge is 0.469 e. The van der Waals surface area contributed by atoms with Crippen molar-refractivity contribution >= 4 is 17.9 Å². The van der Waals surface area contributed by atoms with Gasteiger partial charge in [-0.2, -0.15) is 0 Å². The average molecular weight is 280 g/mol. The molecule has 6 nitrogen and oxygen atoms in total. The fourth-order valence-corrected chi connectivity index (χ4v) is 4.10. The molecule has 108 valence electrons. The summed E-state index contributed by atoms with van der Waals surface area (Å²) in [6, 6.07) is 0. The molecule has 2 bridgehead atoms. The van der Waals surface area contributed by atoms with Gasteiger partial charge in [-0.25, -0.2) is 4.79 Å². The van der Waals surface area contributed by atoms with E-state index in [1.54, 1.807) is 0 Å². The van der Waals surface area contributed by atoms with Gasteiger partial charge in [-0.1, -0.05) is 6.58 Å². The first-order chi connectivity index (χ1) is 9.58. The van der Waals surface area contributed by atoms with E-state index >= 15 is 0 Å². The zero-order chi connectivity index (χ0) is 14.4. The molecule has 0 spiro atoms. The van der Waals surface area contributed by atoms with E-state index in [1.807, 2.05) is 0 Å². The number of hydrogen-bond acceptors (Lipinski definition) is 6. The Morgan fingerprint density at radius 3 is 2.85 bits per heavy atom. The Bertz CT molecular complexity index is 484. The summed E-state index contributed by atoms with van der Waals surface area (Å²) in [4.78, 5) is 35.0. The molecule has 3 fully saturated rings. The molecule has 0 aromatic heterocycles. The summed E-state index contributed by atoms with van der Waals surface area (Å²) in [6.45, 7) is 3.48. The van der Waals surface area contributed by atoms with Gasteiger partial charge in [-0.05, 0) is 12.3 Å². The summed E-state index contributed by atoms with van der Waals surface area (Å²) in [5.41, 5.74) is 0. The molecule has 6 heteroatoms. The maximum Gasteiger partial charge on any atom is 0.330 e. The number of esters is 3. The van der Waals surface area contributed by atoms with Crippen LogP contribution in [0.3, 0.4) is 0 Å². The van der Waals surface area contributed by atoms with E-state index < -0.39 is 11.9 Å². The molecule has 0 N–H and O–H groups in total. The minimum absolute atomic E-state index is 0.0217. The fraction of sp³-hybridized carbons (Fsp3) is 0.643. The number of fused-ring (bicyclic) bond motifs is 1. The van der Waals surface area contributed by atoms with Crippen LogP contribution in [-0.2, 0) is 28.6 Å². The predicted molar refractivity (Wildman–Crippen MR) is 65.1 cm³/mol. The van der Waals surface area contributed by atoms with E-state index in [9.17, 15) is 14.4 Å². The van der Waals surface area contributed by atoms with Gasteiger partial charge in [-0.3, -0.25) is 9.59 Å². The Kier molecular flexibility index (Phi) is 3.03. The van der Waals surface area contributed by atoms with Crippen molar-refractivity contribution in [3.05, 3.63) is 12.7 Å². The second-order valence-corrected chi connectivity index (χ2v) is 5.54. The first kappa shape index (κ1) is 13.1. The van der Waals surface area contributed by atoms with Crippen molar-refractivity contribution in [2.45, 2.75) is 12.5 Å². The standard InChI is InChI=1S/C14H16O6/c1-3-9(15)19-5-8-6-4-7-11(10(6)13(16)18-2)14(17)20-12(7)8/h3,6-8,10-12H,1,4-5H2,2H3. The molecule has 20 heavy (non-hydrogen) atoms. The quantitative estimate of drug-likeness (QED) is 0.419. The average Bonchev–Trinajstić information content (AvgIpc) is 3.05. The lowest BCUT2D eigenvalue weighted by atomic mass is 9.74. The Labute approximate surface area is 116 Å². The SMILES string of the molecule is C=CC(=O)OCC1C2CC3C1OC(=O)C3C2C(=O)OC. The second kappa shape index (κ2) is 4.61. The molecule has 0 aromatic rings. The lowest BCUT2D eigenvalue weighted by molar-refractivity contribution is -0.153. The van der Waals surface area contributed by atoms with Crippen LogP contribution in [0.1, 0.15) is 6.42 Å². The number of ether oxygens (including phenoxy) is 3. The van der Waals surface area contributed by atoms with Crippen LogP contribution in [0.2, 0.25) is 0 Å². The van der Waals surface area contributed by atoms with Crippen LogP contribution in [0.4, 0.5) is 0 Å². The van der Waals surface area contributed by atoms with E-state index in [1.165, 1.54) is 7.11 Å². The Morgan fingerprint density at radius 2 is 2.20 bits per heavy atom. The summed E-state index contributed by atoms with van der Waals surface area (Å²) in [5, 5.41) is 0. The minimum Gasteiger partial charge on any atom is -0.469 e. The highest BCUT2D eigenvalue weighted by molar-refractivity contribution is 5.86. The van der Waals surface area contributed by atoms with Crippen molar-refractivity contribution in [1.29, 1.82) is 0 Å². The first-order valence-electron chi connectivity index (χ1n) is 6.66. The van der Waals surface area contributed by atoms with Gasteiger partial charge < -0.3 is 14.2 Å². The van der Waals surface area contributed by atoms with Crippen molar-refractivity contribution in [2.75, 3.05) is 13.7 Å². The lowest BCUT2D eigenvalue weighted by Crippen LogP contribution is -2.40. The zero-order valence-electron chi connectivity index (χ0n) is 11.1. The summed E-state index contributed by atoms with van der Waals surface area (Å²) in [7, 11) is 1.32. The van der Waals surface area contributed by atoms with Crippen LogP contribution in [0, 0.1) is 29.6 Å². The van der Waals surface area contributed by atoms with Crippen molar-refractivity contribution in [3.8, 4) is 0 Å². The Balaban J connectivity index is 1.80. The zero-order valence-corrected chi connectivity index (χ0v) is 11.1. The summed E-state index contributed by atoms with van der Waals surface area (Å²) >= 11 is 0. The molecule has 3 rings (SSSR count). The number of rotatable bonds is 4. The highest BCUT2D eigenvalue weighted by Gasteiger charge is 2.68. The Hall–Kier alpha value is -1.85. The summed E-state index contributed by atoms with van der Waals surface area (Å²) in [6.07, 6.45) is 1.60. The van der Waals surface area contributed by atoms with Gasteiger partial charge in [0.15, 0.2) is 0 Å². The van der Waals surface area contributed by atoms with Crippen molar-refractivity contribution in [2.24, 2.45) is 29.6 Å². The van der Waals surface area contributed by atoms with Gasteiger partial charge in [0, 0.05) is 17.9 Å². The Morgan fingerprint density at radius 1 is 1.45 bits per heavy atom. The van der Waals surface area contributed by atoms with Gasteiger partial charge in [-0.15, -0.1) is 0 Å².